The molecule has 0 fully saturated rings. The summed E-state index contributed by atoms with van der Waals surface area (Å²) in [5.41, 5.74) is 5.60. The number of carbonyl (C=O) groups excluding carboxylic acids is 2. The van der Waals surface area contributed by atoms with Crippen molar-refractivity contribution in [1.29, 1.82) is 0 Å². The summed E-state index contributed by atoms with van der Waals surface area (Å²) in [4.78, 5) is 24.9. The highest BCUT2D eigenvalue weighted by Gasteiger charge is 2.25. The fourth-order valence-corrected chi connectivity index (χ4v) is 1.50. The van der Waals surface area contributed by atoms with Gasteiger partial charge in [-0.2, -0.15) is 0 Å². The van der Waals surface area contributed by atoms with Crippen molar-refractivity contribution in [2.45, 2.75) is 33.7 Å². The molecule has 0 bridgehead atoms. The predicted molar refractivity (Wildman–Crippen MR) is 72.1 cm³/mol. The van der Waals surface area contributed by atoms with Gasteiger partial charge in [0.1, 0.15) is 0 Å². The fourth-order valence-electron chi connectivity index (χ4n) is 1.50. The maximum atomic E-state index is 11.8. The van der Waals surface area contributed by atoms with Crippen LogP contribution in [0.15, 0.2) is 0 Å². The molecule has 18 heavy (non-hydrogen) atoms. The second kappa shape index (κ2) is 7.33. The average molecular weight is 258 g/mol. The highest BCUT2D eigenvalue weighted by atomic mass is 16.2. The number of nitrogens with one attached hydrogen (secondary N) is 2. The van der Waals surface area contributed by atoms with E-state index in [-0.39, 0.29) is 17.4 Å². The second-order valence-corrected chi connectivity index (χ2v) is 5.31. The summed E-state index contributed by atoms with van der Waals surface area (Å²) >= 11 is 0. The SMILES string of the molecule is CCNC(=O)NC(=O)C(C)N(C)CC(C)(C)CN. The Morgan fingerprint density at radius 3 is 2.39 bits per heavy atom. The highest BCUT2D eigenvalue weighted by Crippen LogP contribution is 2.15. The third kappa shape index (κ3) is 5.97. The van der Waals surface area contributed by atoms with Gasteiger partial charge >= 0.3 is 6.03 Å². The van der Waals surface area contributed by atoms with Gasteiger partial charge in [0.15, 0.2) is 0 Å². The van der Waals surface area contributed by atoms with E-state index in [0.29, 0.717) is 19.6 Å². The normalized spacial score (nSPS) is 13.3. The summed E-state index contributed by atoms with van der Waals surface area (Å²) in [7, 11) is 1.85. The molecule has 4 N–H and O–H groups in total. The maximum Gasteiger partial charge on any atom is 0.321 e. The summed E-state index contributed by atoms with van der Waals surface area (Å²) in [6, 6.07) is -0.834. The van der Waals surface area contributed by atoms with Crippen LogP contribution in [0, 0.1) is 5.41 Å². The first-order chi connectivity index (χ1) is 8.23. The van der Waals surface area contributed by atoms with Crippen molar-refractivity contribution in [2.24, 2.45) is 11.1 Å². The van der Waals surface area contributed by atoms with Gasteiger partial charge in [0.25, 0.3) is 0 Å². The number of rotatable bonds is 6. The Hall–Kier alpha value is -1.14. The lowest BCUT2D eigenvalue weighted by molar-refractivity contribution is -0.124. The largest absolute Gasteiger partial charge is 0.338 e. The smallest absolute Gasteiger partial charge is 0.321 e. The van der Waals surface area contributed by atoms with E-state index in [1.807, 2.05) is 25.8 Å². The van der Waals surface area contributed by atoms with Crippen molar-refractivity contribution in [3.8, 4) is 0 Å². The van der Waals surface area contributed by atoms with Gasteiger partial charge in [0.2, 0.25) is 5.91 Å². The zero-order valence-electron chi connectivity index (χ0n) is 12.0. The summed E-state index contributed by atoms with van der Waals surface area (Å²) in [5, 5.41) is 4.82. The molecule has 0 radical (unpaired) electrons. The average Bonchev–Trinajstić information content (AvgIpc) is 2.27. The monoisotopic (exact) mass is 258 g/mol. The lowest BCUT2D eigenvalue weighted by Gasteiger charge is -2.32. The van der Waals surface area contributed by atoms with Gasteiger partial charge in [0.05, 0.1) is 6.04 Å². The number of likely N-dealkylation sites (N-methyl/N-ethyl adjacent to an activating group) is 1. The minimum Gasteiger partial charge on any atom is -0.338 e. The van der Waals surface area contributed by atoms with Crippen LogP contribution >= 0.6 is 0 Å². The van der Waals surface area contributed by atoms with Gasteiger partial charge in [-0.3, -0.25) is 15.0 Å². The quantitative estimate of drug-likeness (QED) is 0.632. The van der Waals surface area contributed by atoms with Crippen molar-refractivity contribution in [1.82, 2.24) is 15.5 Å². The van der Waals surface area contributed by atoms with E-state index in [1.54, 1.807) is 13.8 Å². The third-order valence-electron chi connectivity index (χ3n) is 2.84. The van der Waals surface area contributed by atoms with Crippen LogP contribution in [0.4, 0.5) is 4.79 Å². The summed E-state index contributed by atoms with van der Waals surface area (Å²) in [6.07, 6.45) is 0. The fraction of sp³-hybridized carbons (Fsp3) is 0.833. The molecule has 0 saturated heterocycles. The first-order valence-corrected chi connectivity index (χ1v) is 6.22. The van der Waals surface area contributed by atoms with E-state index in [4.69, 9.17) is 5.73 Å². The summed E-state index contributed by atoms with van der Waals surface area (Å²) in [6.45, 7) is 9.36. The Morgan fingerprint density at radius 2 is 1.94 bits per heavy atom. The van der Waals surface area contributed by atoms with Crippen LogP contribution in [0.1, 0.15) is 27.7 Å². The molecule has 0 heterocycles. The number of nitrogens with zero attached hydrogens (tertiary/aromatic N) is 1. The van der Waals surface area contributed by atoms with E-state index < -0.39 is 6.03 Å². The van der Waals surface area contributed by atoms with E-state index in [9.17, 15) is 9.59 Å². The molecule has 3 amide bonds. The zero-order valence-corrected chi connectivity index (χ0v) is 12.0. The van der Waals surface area contributed by atoms with E-state index in [0.717, 1.165) is 0 Å². The van der Waals surface area contributed by atoms with Gasteiger partial charge < -0.3 is 11.1 Å². The molecule has 106 valence electrons. The summed E-state index contributed by atoms with van der Waals surface area (Å²) < 4.78 is 0. The van der Waals surface area contributed by atoms with Gasteiger partial charge in [-0.05, 0) is 32.9 Å². The molecule has 0 aromatic carbocycles. The molecule has 0 aliphatic heterocycles. The van der Waals surface area contributed by atoms with E-state index in [2.05, 4.69) is 10.6 Å². The van der Waals surface area contributed by atoms with Crippen LogP contribution in [-0.4, -0.2) is 49.6 Å². The van der Waals surface area contributed by atoms with Crippen molar-refractivity contribution in [2.75, 3.05) is 26.7 Å². The number of urea groups is 1. The first-order valence-electron chi connectivity index (χ1n) is 6.22. The molecule has 0 spiro atoms. The Kier molecular flexibility index (Phi) is 6.86. The molecule has 0 aromatic rings. The van der Waals surface area contributed by atoms with Crippen LogP contribution in [0.2, 0.25) is 0 Å². The zero-order chi connectivity index (χ0) is 14.3. The number of nitrogens with two attached hydrogens (primary N) is 1. The number of carbonyl (C=O) groups is 2. The molecule has 0 aliphatic carbocycles. The number of hydrogen-bond acceptors (Lipinski definition) is 4. The number of amides is 3. The van der Waals surface area contributed by atoms with Gasteiger partial charge in [0, 0.05) is 13.1 Å². The third-order valence-corrected chi connectivity index (χ3v) is 2.84. The minimum atomic E-state index is -0.458. The minimum absolute atomic E-state index is 0.0605. The molecule has 0 saturated carbocycles. The number of imide groups is 1. The molecule has 6 nitrogen and oxygen atoms in total. The van der Waals surface area contributed by atoms with Crippen LogP contribution in [-0.2, 0) is 4.79 Å². The lowest BCUT2D eigenvalue weighted by atomic mass is 9.93. The molecule has 1 unspecified atom stereocenters. The Morgan fingerprint density at radius 1 is 1.39 bits per heavy atom. The van der Waals surface area contributed by atoms with Crippen LogP contribution in [0.3, 0.4) is 0 Å². The highest BCUT2D eigenvalue weighted by molar-refractivity contribution is 5.96. The Bertz CT molecular complexity index is 292. The van der Waals surface area contributed by atoms with Crippen LogP contribution in [0.5, 0.6) is 0 Å². The molecular formula is C12H26N4O2. The van der Waals surface area contributed by atoms with E-state index >= 15 is 0 Å². The molecule has 1 atom stereocenters. The van der Waals surface area contributed by atoms with Crippen molar-refractivity contribution in [3.05, 3.63) is 0 Å². The van der Waals surface area contributed by atoms with E-state index in [1.165, 1.54) is 0 Å². The van der Waals surface area contributed by atoms with Crippen LogP contribution < -0.4 is 16.4 Å². The molecule has 0 aliphatic rings. The van der Waals surface area contributed by atoms with Gasteiger partial charge in [-0.25, -0.2) is 4.79 Å². The maximum absolute atomic E-state index is 11.8. The Labute approximate surface area is 109 Å². The van der Waals surface area contributed by atoms with Gasteiger partial charge in [-0.15, -0.1) is 0 Å². The second-order valence-electron chi connectivity index (χ2n) is 5.31. The molecular weight excluding hydrogens is 232 g/mol. The van der Waals surface area contributed by atoms with Gasteiger partial charge in [-0.1, -0.05) is 13.8 Å². The molecule has 0 rings (SSSR count). The summed E-state index contributed by atoms with van der Waals surface area (Å²) in [5.74, 6) is -0.309. The van der Waals surface area contributed by atoms with Crippen molar-refractivity contribution in [3.63, 3.8) is 0 Å². The molecule has 6 heteroatoms. The molecule has 0 aromatic heterocycles. The Balaban J connectivity index is 4.32. The number of hydrogen-bond donors (Lipinski definition) is 3. The lowest BCUT2D eigenvalue weighted by Crippen LogP contribution is -2.50. The predicted octanol–water partition coefficient (Wildman–Crippen LogP) is 0.137. The standard InChI is InChI=1S/C12H26N4O2/c1-6-14-11(18)15-10(17)9(2)16(5)8-12(3,4)7-13/h9H,6-8,13H2,1-5H3,(H2,14,15,17,18). The van der Waals surface area contributed by atoms with Crippen LogP contribution in [0.25, 0.3) is 0 Å². The first kappa shape index (κ1) is 16.9. The van der Waals surface area contributed by atoms with Crippen molar-refractivity contribution >= 4 is 11.9 Å². The van der Waals surface area contributed by atoms with Crippen molar-refractivity contribution < 1.29 is 9.59 Å². The topological polar surface area (TPSA) is 87.5 Å².